The molecule has 0 bridgehead atoms. The first-order chi connectivity index (χ1) is 13.9. The number of methoxy groups -OCH3 is 1. The van der Waals surface area contributed by atoms with Gasteiger partial charge in [-0.25, -0.2) is 0 Å². The van der Waals surface area contributed by atoms with Crippen LogP contribution < -0.4 is 4.74 Å². The minimum atomic E-state index is -0.853. The quantitative estimate of drug-likeness (QED) is 0.262. The summed E-state index contributed by atoms with van der Waals surface area (Å²) in [4.78, 5) is 42.0. The van der Waals surface area contributed by atoms with Gasteiger partial charge in [-0.05, 0) is 29.8 Å². The lowest BCUT2D eigenvalue weighted by Gasteiger charge is -2.25. The number of aromatic nitrogens is 1. The molecule has 0 aliphatic carbocycles. The van der Waals surface area contributed by atoms with E-state index in [0.29, 0.717) is 11.1 Å². The predicted octanol–water partition coefficient (Wildman–Crippen LogP) is 2.07. The number of pyridine rings is 1. The number of aliphatic hydroxyl groups is 1. The van der Waals surface area contributed by atoms with Gasteiger partial charge in [-0.3, -0.25) is 19.4 Å². The van der Waals surface area contributed by atoms with Gasteiger partial charge < -0.3 is 19.5 Å². The number of hydrogen-bond donors (Lipinski definition) is 1. The summed E-state index contributed by atoms with van der Waals surface area (Å²) in [6.45, 7) is 1.64. The fourth-order valence-corrected chi connectivity index (χ4v) is 3.23. The van der Waals surface area contributed by atoms with Crippen molar-refractivity contribution in [1.82, 2.24) is 9.88 Å². The summed E-state index contributed by atoms with van der Waals surface area (Å²) in [6, 6.07) is 8.75. The van der Waals surface area contributed by atoms with Crippen molar-refractivity contribution in [2.24, 2.45) is 0 Å². The van der Waals surface area contributed by atoms with Crippen LogP contribution in [0.5, 0.6) is 5.75 Å². The van der Waals surface area contributed by atoms with E-state index in [2.05, 4.69) is 4.98 Å². The van der Waals surface area contributed by atoms with Gasteiger partial charge in [0.2, 0.25) is 0 Å². The fourth-order valence-electron chi connectivity index (χ4n) is 3.23. The molecular formula is C21H20N2O6. The van der Waals surface area contributed by atoms with E-state index >= 15 is 0 Å². The minimum Gasteiger partial charge on any atom is -0.507 e. The number of benzene rings is 1. The van der Waals surface area contributed by atoms with Crippen LogP contribution >= 0.6 is 0 Å². The van der Waals surface area contributed by atoms with Gasteiger partial charge in [-0.1, -0.05) is 12.1 Å². The maximum absolute atomic E-state index is 12.8. The van der Waals surface area contributed by atoms with Crippen LogP contribution in [-0.2, 0) is 19.1 Å². The highest BCUT2D eigenvalue weighted by Crippen LogP contribution is 2.40. The Bertz CT molecular complexity index is 970. The predicted molar refractivity (Wildman–Crippen MR) is 103 cm³/mol. The third kappa shape index (κ3) is 4.17. The van der Waals surface area contributed by atoms with E-state index in [1.807, 2.05) is 0 Å². The first kappa shape index (κ1) is 20.2. The molecule has 0 spiro atoms. The molecule has 8 nitrogen and oxygen atoms in total. The lowest BCUT2D eigenvalue weighted by molar-refractivity contribution is -0.140. The van der Waals surface area contributed by atoms with E-state index in [9.17, 15) is 19.5 Å². The molecule has 1 aliphatic heterocycles. The smallest absolute Gasteiger partial charge is 0.308 e. The number of aliphatic hydroxyl groups excluding tert-OH is 1. The largest absolute Gasteiger partial charge is 0.507 e. The Morgan fingerprint density at radius 3 is 2.59 bits per heavy atom. The summed E-state index contributed by atoms with van der Waals surface area (Å²) in [5.41, 5.74) is 0.845. The van der Waals surface area contributed by atoms with Crippen LogP contribution in [0.4, 0.5) is 0 Å². The SMILES string of the molecule is COCCN1C(=O)C(=O)/C(=C(\O)c2ccncc2)C1c1cccc(OC(C)=O)c1. The number of likely N-dealkylation sites (tertiary alicyclic amines) is 1. The summed E-state index contributed by atoms with van der Waals surface area (Å²) < 4.78 is 10.2. The molecule has 3 rings (SSSR count). The van der Waals surface area contributed by atoms with E-state index in [1.54, 1.807) is 36.4 Å². The Labute approximate surface area is 167 Å². The Morgan fingerprint density at radius 2 is 1.93 bits per heavy atom. The molecule has 1 atom stereocenters. The summed E-state index contributed by atoms with van der Waals surface area (Å²) in [5.74, 6) is -2.05. The summed E-state index contributed by atoms with van der Waals surface area (Å²) in [6.07, 6.45) is 2.96. The molecule has 2 aromatic rings. The van der Waals surface area contributed by atoms with Crippen molar-refractivity contribution in [2.75, 3.05) is 20.3 Å². The topological polar surface area (TPSA) is 106 Å². The zero-order valence-corrected chi connectivity index (χ0v) is 16.0. The molecule has 1 unspecified atom stereocenters. The average molecular weight is 396 g/mol. The highest BCUT2D eigenvalue weighted by molar-refractivity contribution is 6.46. The molecule has 0 radical (unpaired) electrons. The Kier molecular flexibility index (Phi) is 6.04. The van der Waals surface area contributed by atoms with E-state index in [-0.39, 0.29) is 30.2 Å². The lowest BCUT2D eigenvalue weighted by Crippen LogP contribution is -2.32. The maximum Gasteiger partial charge on any atom is 0.308 e. The number of carbonyl (C=O) groups is 3. The van der Waals surface area contributed by atoms with Crippen molar-refractivity contribution < 1.29 is 29.0 Å². The van der Waals surface area contributed by atoms with Crippen molar-refractivity contribution in [3.63, 3.8) is 0 Å². The summed E-state index contributed by atoms with van der Waals surface area (Å²) in [5, 5.41) is 10.8. The molecule has 1 fully saturated rings. The number of esters is 1. The van der Waals surface area contributed by atoms with Crippen LogP contribution in [-0.4, -0.2) is 52.9 Å². The third-order valence-corrected chi connectivity index (χ3v) is 4.47. The van der Waals surface area contributed by atoms with Crippen molar-refractivity contribution >= 4 is 23.4 Å². The molecule has 150 valence electrons. The van der Waals surface area contributed by atoms with Crippen molar-refractivity contribution in [1.29, 1.82) is 0 Å². The summed E-state index contributed by atoms with van der Waals surface area (Å²) in [7, 11) is 1.49. The maximum atomic E-state index is 12.8. The van der Waals surface area contributed by atoms with Crippen molar-refractivity contribution in [3.8, 4) is 5.75 Å². The molecule has 8 heteroatoms. The van der Waals surface area contributed by atoms with Gasteiger partial charge in [0.15, 0.2) is 0 Å². The standard InChI is InChI=1S/C21H20N2O6/c1-13(24)29-16-5-3-4-15(12-16)18-17(19(25)14-6-8-22-9-7-14)20(26)21(27)23(18)10-11-28-2/h3-9,12,18,25H,10-11H2,1-2H3/b19-17-. The van der Waals surface area contributed by atoms with Crippen LogP contribution in [0.1, 0.15) is 24.1 Å². The van der Waals surface area contributed by atoms with E-state index < -0.39 is 23.7 Å². The number of nitrogens with zero attached hydrogens (tertiary/aromatic N) is 2. The number of Topliss-reactive ketones (excluding diaryl/α,β-unsaturated/α-hetero) is 1. The fraction of sp³-hybridized carbons (Fsp3) is 0.238. The molecular weight excluding hydrogens is 376 g/mol. The first-order valence-corrected chi connectivity index (χ1v) is 8.90. The van der Waals surface area contributed by atoms with Crippen LogP contribution in [0.25, 0.3) is 5.76 Å². The van der Waals surface area contributed by atoms with Gasteiger partial charge >= 0.3 is 5.97 Å². The Hall–Kier alpha value is -3.52. The molecule has 1 amide bonds. The molecule has 1 aliphatic rings. The van der Waals surface area contributed by atoms with E-state index in [4.69, 9.17) is 9.47 Å². The van der Waals surface area contributed by atoms with Crippen molar-refractivity contribution in [2.45, 2.75) is 13.0 Å². The zero-order valence-electron chi connectivity index (χ0n) is 16.0. The molecule has 1 saturated heterocycles. The number of amides is 1. The highest BCUT2D eigenvalue weighted by atomic mass is 16.5. The number of carbonyl (C=O) groups excluding carboxylic acids is 3. The molecule has 1 aromatic heterocycles. The number of hydrogen-bond acceptors (Lipinski definition) is 7. The van der Waals surface area contributed by atoms with Gasteiger partial charge in [0.25, 0.3) is 11.7 Å². The van der Waals surface area contributed by atoms with Crippen LogP contribution in [0, 0.1) is 0 Å². The van der Waals surface area contributed by atoms with Crippen molar-refractivity contribution in [3.05, 3.63) is 65.5 Å². The molecule has 1 aromatic carbocycles. The lowest BCUT2D eigenvalue weighted by atomic mass is 9.95. The van der Waals surface area contributed by atoms with E-state index in [0.717, 1.165) is 0 Å². The zero-order chi connectivity index (χ0) is 21.0. The average Bonchev–Trinajstić information content (AvgIpc) is 2.96. The van der Waals surface area contributed by atoms with Crippen LogP contribution in [0.3, 0.4) is 0 Å². The van der Waals surface area contributed by atoms with Gasteiger partial charge in [0.05, 0.1) is 18.2 Å². The number of rotatable bonds is 6. The number of ether oxygens (including phenoxy) is 2. The Morgan fingerprint density at radius 1 is 1.21 bits per heavy atom. The Balaban J connectivity index is 2.14. The monoisotopic (exact) mass is 396 g/mol. The minimum absolute atomic E-state index is 0.0442. The van der Waals surface area contributed by atoms with E-state index in [1.165, 1.54) is 31.3 Å². The second kappa shape index (κ2) is 8.66. The molecule has 29 heavy (non-hydrogen) atoms. The van der Waals surface area contributed by atoms with Crippen LogP contribution in [0.2, 0.25) is 0 Å². The third-order valence-electron chi connectivity index (χ3n) is 4.47. The second-order valence-corrected chi connectivity index (χ2v) is 6.39. The van der Waals surface area contributed by atoms with Gasteiger partial charge in [-0.15, -0.1) is 0 Å². The molecule has 1 N–H and O–H groups in total. The number of ketones is 1. The summed E-state index contributed by atoms with van der Waals surface area (Å²) >= 11 is 0. The highest BCUT2D eigenvalue weighted by Gasteiger charge is 2.46. The van der Waals surface area contributed by atoms with Gasteiger partial charge in [0.1, 0.15) is 11.5 Å². The second-order valence-electron chi connectivity index (χ2n) is 6.39. The molecule has 0 saturated carbocycles. The van der Waals surface area contributed by atoms with Gasteiger partial charge in [0, 0.05) is 38.5 Å². The first-order valence-electron chi connectivity index (χ1n) is 8.90. The normalized spacial score (nSPS) is 18.1. The molecule has 2 heterocycles. The van der Waals surface area contributed by atoms with Gasteiger partial charge in [-0.2, -0.15) is 0 Å². The van der Waals surface area contributed by atoms with Crippen LogP contribution in [0.15, 0.2) is 54.4 Å².